The van der Waals surface area contributed by atoms with Crippen molar-refractivity contribution in [2.45, 2.75) is 20.3 Å². The van der Waals surface area contributed by atoms with Crippen molar-refractivity contribution < 1.29 is 9.72 Å². The van der Waals surface area contributed by atoms with Crippen molar-refractivity contribution in [3.05, 3.63) is 61.3 Å². The molecule has 6 nitrogen and oxygen atoms in total. The van der Waals surface area contributed by atoms with Crippen molar-refractivity contribution in [1.29, 1.82) is 0 Å². The van der Waals surface area contributed by atoms with E-state index in [1.807, 2.05) is 12.1 Å². The van der Waals surface area contributed by atoms with E-state index in [9.17, 15) is 14.9 Å². The standard InChI is InChI=1S/C15H15N3O3S/c1-3-12-5-6-13(22-12)9-16-17-15(19)11-4-7-14(18(20)21)10(2)8-11/h4-9H,3H2,1-2H3,(H,17,19)/b16-9+. The number of carbonyl (C=O) groups excluding carboxylic acids is 1. The first-order chi connectivity index (χ1) is 10.5. The second-order valence-corrected chi connectivity index (χ2v) is 5.82. The highest BCUT2D eigenvalue weighted by atomic mass is 32.1. The first kappa shape index (κ1) is 15.8. The fourth-order valence-electron chi connectivity index (χ4n) is 1.87. The predicted molar refractivity (Wildman–Crippen MR) is 86.6 cm³/mol. The van der Waals surface area contributed by atoms with Gasteiger partial charge in [-0.05, 0) is 37.6 Å². The number of carbonyl (C=O) groups is 1. The van der Waals surface area contributed by atoms with Crippen LogP contribution in [0.25, 0.3) is 0 Å². The van der Waals surface area contributed by atoms with E-state index in [-0.39, 0.29) is 5.69 Å². The zero-order chi connectivity index (χ0) is 16.1. The van der Waals surface area contributed by atoms with Crippen LogP contribution in [-0.4, -0.2) is 17.0 Å². The molecule has 0 aliphatic carbocycles. The third kappa shape index (κ3) is 3.76. The maximum atomic E-state index is 11.9. The molecule has 0 spiro atoms. The lowest BCUT2D eigenvalue weighted by molar-refractivity contribution is -0.385. The van der Waals surface area contributed by atoms with E-state index in [1.54, 1.807) is 24.5 Å². The van der Waals surface area contributed by atoms with E-state index in [2.05, 4.69) is 17.5 Å². The van der Waals surface area contributed by atoms with E-state index in [4.69, 9.17) is 0 Å². The van der Waals surface area contributed by atoms with Gasteiger partial charge in [-0.25, -0.2) is 5.43 Å². The number of nitrogens with one attached hydrogen (secondary N) is 1. The number of nitrogens with zero attached hydrogens (tertiary/aromatic N) is 2. The van der Waals surface area contributed by atoms with Gasteiger partial charge in [-0.15, -0.1) is 11.3 Å². The molecular weight excluding hydrogens is 302 g/mol. The van der Waals surface area contributed by atoms with Crippen LogP contribution in [-0.2, 0) is 6.42 Å². The van der Waals surface area contributed by atoms with Gasteiger partial charge < -0.3 is 0 Å². The molecule has 7 heteroatoms. The average molecular weight is 317 g/mol. The third-order valence-corrected chi connectivity index (χ3v) is 4.21. The van der Waals surface area contributed by atoms with Gasteiger partial charge in [0, 0.05) is 26.9 Å². The minimum atomic E-state index is -0.475. The fourth-order valence-corrected chi connectivity index (χ4v) is 2.70. The Bertz CT molecular complexity index is 737. The number of thiophene rings is 1. The maximum absolute atomic E-state index is 11.9. The molecule has 0 aliphatic rings. The summed E-state index contributed by atoms with van der Waals surface area (Å²) in [6, 6.07) is 8.17. The summed E-state index contributed by atoms with van der Waals surface area (Å²) < 4.78 is 0. The molecule has 22 heavy (non-hydrogen) atoms. The van der Waals surface area contributed by atoms with E-state index < -0.39 is 10.8 Å². The molecule has 0 unspecified atom stereocenters. The van der Waals surface area contributed by atoms with Crippen molar-refractivity contribution in [2.75, 3.05) is 0 Å². The molecule has 1 amide bonds. The molecule has 1 aromatic heterocycles. The van der Waals surface area contributed by atoms with Crippen LogP contribution in [0, 0.1) is 17.0 Å². The molecule has 0 saturated carbocycles. The quantitative estimate of drug-likeness (QED) is 0.521. The summed E-state index contributed by atoms with van der Waals surface area (Å²) in [7, 11) is 0. The van der Waals surface area contributed by atoms with Crippen LogP contribution in [0.1, 0.15) is 32.6 Å². The Labute approximate surface area is 131 Å². The normalized spacial score (nSPS) is 10.8. The van der Waals surface area contributed by atoms with Gasteiger partial charge in [0.25, 0.3) is 11.6 Å². The second-order valence-electron chi connectivity index (χ2n) is 4.62. The summed E-state index contributed by atoms with van der Waals surface area (Å²) in [6.07, 6.45) is 2.55. The molecule has 0 saturated heterocycles. The first-order valence-corrected chi connectivity index (χ1v) is 7.50. The Kier molecular flexibility index (Phi) is 5.00. The van der Waals surface area contributed by atoms with Crippen LogP contribution in [0.5, 0.6) is 0 Å². The number of nitro groups is 1. The Morgan fingerprint density at radius 1 is 1.41 bits per heavy atom. The summed E-state index contributed by atoms with van der Waals surface area (Å²) in [5.74, 6) is -0.401. The Hall–Kier alpha value is -2.54. The molecule has 2 rings (SSSR count). The number of nitro benzene ring substituents is 1. The lowest BCUT2D eigenvalue weighted by atomic mass is 10.1. The largest absolute Gasteiger partial charge is 0.272 e. The molecule has 0 fully saturated rings. The lowest BCUT2D eigenvalue weighted by Crippen LogP contribution is -2.17. The van der Waals surface area contributed by atoms with Crippen molar-refractivity contribution in [2.24, 2.45) is 5.10 Å². The number of rotatable bonds is 5. The Balaban J connectivity index is 2.03. The van der Waals surface area contributed by atoms with E-state index in [0.717, 1.165) is 11.3 Å². The van der Waals surface area contributed by atoms with Crippen LogP contribution in [0.4, 0.5) is 5.69 Å². The molecular formula is C15H15N3O3S. The molecule has 1 aromatic carbocycles. The smallest absolute Gasteiger partial charge is 0.267 e. The number of hydrogen-bond acceptors (Lipinski definition) is 5. The first-order valence-electron chi connectivity index (χ1n) is 6.68. The molecule has 0 atom stereocenters. The molecule has 0 radical (unpaired) electrons. The minimum absolute atomic E-state index is 0.00858. The van der Waals surface area contributed by atoms with Gasteiger partial charge in [0.05, 0.1) is 11.1 Å². The molecule has 2 aromatic rings. The van der Waals surface area contributed by atoms with Gasteiger partial charge in [-0.2, -0.15) is 5.10 Å². The van der Waals surface area contributed by atoms with Crippen molar-refractivity contribution in [3.63, 3.8) is 0 Å². The summed E-state index contributed by atoms with van der Waals surface area (Å²) in [6.45, 7) is 3.67. The molecule has 1 heterocycles. The highest BCUT2D eigenvalue weighted by Gasteiger charge is 2.13. The number of hydrazone groups is 1. The number of amides is 1. The van der Waals surface area contributed by atoms with E-state index in [0.29, 0.717) is 11.1 Å². The monoisotopic (exact) mass is 317 g/mol. The van der Waals surface area contributed by atoms with Gasteiger partial charge in [0.1, 0.15) is 0 Å². The lowest BCUT2D eigenvalue weighted by Gasteiger charge is -2.02. The van der Waals surface area contributed by atoms with Crippen LogP contribution in [0.2, 0.25) is 0 Å². The number of benzene rings is 1. The zero-order valence-corrected chi connectivity index (χ0v) is 13.0. The minimum Gasteiger partial charge on any atom is -0.267 e. The highest BCUT2D eigenvalue weighted by molar-refractivity contribution is 7.13. The number of hydrogen-bond donors (Lipinski definition) is 1. The van der Waals surface area contributed by atoms with Crippen LogP contribution >= 0.6 is 11.3 Å². The fraction of sp³-hybridized carbons (Fsp3) is 0.200. The zero-order valence-electron chi connectivity index (χ0n) is 12.2. The Morgan fingerprint density at radius 3 is 2.77 bits per heavy atom. The van der Waals surface area contributed by atoms with Gasteiger partial charge in [-0.1, -0.05) is 6.92 Å². The Morgan fingerprint density at radius 2 is 2.18 bits per heavy atom. The molecule has 1 N–H and O–H groups in total. The third-order valence-electron chi connectivity index (χ3n) is 3.04. The van der Waals surface area contributed by atoms with Crippen molar-refractivity contribution >= 4 is 29.1 Å². The highest BCUT2D eigenvalue weighted by Crippen LogP contribution is 2.18. The van der Waals surface area contributed by atoms with Crippen LogP contribution < -0.4 is 5.43 Å². The summed E-state index contributed by atoms with van der Waals surface area (Å²) in [4.78, 5) is 24.4. The number of aryl methyl sites for hydroxylation is 2. The molecule has 114 valence electrons. The molecule has 0 bridgehead atoms. The summed E-state index contributed by atoms with van der Waals surface area (Å²) in [5.41, 5.74) is 3.18. The molecule has 0 aliphatic heterocycles. The van der Waals surface area contributed by atoms with Crippen molar-refractivity contribution in [1.82, 2.24) is 5.43 Å². The van der Waals surface area contributed by atoms with Crippen LogP contribution in [0.3, 0.4) is 0 Å². The van der Waals surface area contributed by atoms with Crippen LogP contribution in [0.15, 0.2) is 35.4 Å². The predicted octanol–water partition coefficient (Wildman–Crippen LogP) is 3.29. The van der Waals surface area contributed by atoms with Gasteiger partial charge >= 0.3 is 0 Å². The maximum Gasteiger partial charge on any atom is 0.272 e. The van der Waals surface area contributed by atoms with Gasteiger partial charge in [-0.3, -0.25) is 14.9 Å². The van der Waals surface area contributed by atoms with Gasteiger partial charge in [0.15, 0.2) is 0 Å². The summed E-state index contributed by atoms with van der Waals surface area (Å²) >= 11 is 1.61. The second kappa shape index (κ2) is 6.95. The topological polar surface area (TPSA) is 84.6 Å². The van der Waals surface area contributed by atoms with E-state index >= 15 is 0 Å². The average Bonchev–Trinajstić information content (AvgIpc) is 2.94. The van der Waals surface area contributed by atoms with Crippen molar-refractivity contribution in [3.8, 4) is 0 Å². The van der Waals surface area contributed by atoms with E-state index in [1.165, 1.54) is 23.1 Å². The SMILES string of the molecule is CCc1ccc(/C=N/NC(=O)c2ccc([N+](=O)[O-])c(C)c2)s1. The summed E-state index contributed by atoms with van der Waals surface area (Å²) in [5, 5.41) is 14.6. The van der Waals surface area contributed by atoms with Gasteiger partial charge in [0.2, 0.25) is 0 Å².